The lowest BCUT2D eigenvalue weighted by Gasteiger charge is -2.30. The molecule has 2 aromatic carbocycles. The molecule has 0 saturated heterocycles. The number of benzene rings is 2. The maximum absolute atomic E-state index is 5.00. The van der Waals surface area contributed by atoms with Crippen LogP contribution >= 0.6 is 25.3 Å². The van der Waals surface area contributed by atoms with Gasteiger partial charge in [-0.1, -0.05) is 60.7 Å². The zero-order valence-electron chi connectivity index (χ0n) is 10.3. The van der Waals surface area contributed by atoms with Gasteiger partial charge in [0.1, 0.15) is 0 Å². The predicted molar refractivity (Wildman–Crippen MR) is 85.7 cm³/mol. The van der Waals surface area contributed by atoms with Gasteiger partial charge < -0.3 is 0 Å². The topological polar surface area (TPSA) is 0 Å². The summed E-state index contributed by atoms with van der Waals surface area (Å²) in [5.74, 6) is 0.891. The Morgan fingerprint density at radius 2 is 1.22 bits per heavy atom. The minimum absolute atomic E-state index is 0.217. The van der Waals surface area contributed by atoms with Gasteiger partial charge in [-0.2, -0.15) is 25.3 Å². The van der Waals surface area contributed by atoms with Gasteiger partial charge in [0.15, 0.2) is 0 Å². The molecule has 0 unspecified atom stereocenters. The zero-order chi connectivity index (χ0) is 12.8. The van der Waals surface area contributed by atoms with Crippen molar-refractivity contribution < 1.29 is 0 Å². The second kappa shape index (κ2) is 6.35. The minimum Gasteiger partial charge on any atom is -0.179 e. The smallest absolute Gasteiger partial charge is 0.0627 e. The van der Waals surface area contributed by atoms with Crippen LogP contribution in [-0.4, -0.2) is 5.75 Å². The summed E-state index contributed by atoms with van der Waals surface area (Å²) in [6.07, 6.45) is 2.05. The molecule has 0 aromatic heterocycles. The molecule has 0 atom stereocenters. The third-order valence-electron chi connectivity index (χ3n) is 3.20. The van der Waals surface area contributed by atoms with E-state index < -0.39 is 0 Å². The molecule has 0 aliphatic carbocycles. The van der Waals surface area contributed by atoms with Gasteiger partial charge in [-0.25, -0.2) is 0 Å². The fourth-order valence-electron chi connectivity index (χ4n) is 2.22. The quantitative estimate of drug-likeness (QED) is 0.733. The molecule has 0 spiro atoms. The van der Waals surface area contributed by atoms with Gasteiger partial charge in [0.25, 0.3) is 0 Å². The molecule has 0 heterocycles. The third kappa shape index (κ3) is 2.93. The summed E-state index contributed by atoms with van der Waals surface area (Å²) in [6.45, 7) is 0. The van der Waals surface area contributed by atoms with Crippen LogP contribution < -0.4 is 0 Å². The van der Waals surface area contributed by atoms with Gasteiger partial charge in [0, 0.05) is 0 Å². The maximum atomic E-state index is 5.00. The summed E-state index contributed by atoms with van der Waals surface area (Å²) in [6, 6.07) is 21.0. The highest BCUT2D eigenvalue weighted by Crippen LogP contribution is 2.40. The van der Waals surface area contributed by atoms with Crippen molar-refractivity contribution in [3.8, 4) is 0 Å². The fourth-order valence-corrected chi connectivity index (χ4v) is 2.83. The molecule has 0 fully saturated rings. The first-order valence-electron chi connectivity index (χ1n) is 6.21. The summed E-state index contributed by atoms with van der Waals surface area (Å²) in [5.41, 5.74) is 2.50. The van der Waals surface area contributed by atoms with E-state index in [1.165, 1.54) is 11.1 Å². The van der Waals surface area contributed by atoms with Crippen molar-refractivity contribution in [1.82, 2.24) is 0 Å². The van der Waals surface area contributed by atoms with Gasteiger partial charge in [0.2, 0.25) is 0 Å². The van der Waals surface area contributed by atoms with Gasteiger partial charge in [-0.3, -0.25) is 0 Å². The van der Waals surface area contributed by atoms with Crippen LogP contribution in [0.15, 0.2) is 60.7 Å². The van der Waals surface area contributed by atoms with Crippen LogP contribution in [0.25, 0.3) is 0 Å². The van der Waals surface area contributed by atoms with Gasteiger partial charge >= 0.3 is 0 Å². The number of rotatable bonds is 5. The Hall–Kier alpha value is -0.860. The van der Waals surface area contributed by atoms with Crippen LogP contribution in [0.3, 0.4) is 0 Å². The molecule has 0 saturated carbocycles. The standard InChI is InChI=1S/C16H18S2/c17-13-7-12-16(18,14-8-3-1-4-9-14)15-10-5-2-6-11-15/h1-6,8-11,17-18H,7,12-13H2. The van der Waals surface area contributed by atoms with E-state index in [0.717, 1.165) is 18.6 Å². The largest absolute Gasteiger partial charge is 0.179 e. The first-order chi connectivity index (χ1) is 8.77. The predicted octanol–water partition coefficient (Wildman–Crippen LogP) is 4.57. The van der Waals surface area contributed by atoms with E-state index in [1.807, 2.05) is 12.1 Å². The summed E-state index contributed by atoms with van der Waals surface area (Å²) < 4.78 is -0.217. The van der Waals surface area contributed by atoms with E-state index in [9.17, 15) is 0 Å². The van der Waals surface area contributed by atoms with Crippen molar-refractivity contribution in [3.05, 3.63) is 71.8 Å². The summed E-state index contributed by atoms with van der Waals surface area (Å²) in [5, 5.41) is 0. The zero-order valence-corrected chi connectivity index (χ0v) is 12.1. The molecule has 0 amide bonds. The fraction of sp³-hybridized carbons (Fsp3) is 0.250. The molecule has 2 aromatic rings. The van der Waals surface area contributed by atoms with Crippen molar-refractivity contribution in [2.24, 2.45) is 0 Å². The van der Waals surface area contributed by atoms with E-state index in [2.05, 4.69) is 61.2 Å². The highest BCUT2D eigenvalue weighted by Gasteiger charge is 2.28. The monoisotopic (exact) mass is 274 g/mol. The highest BCUT2D eigenvalue weighted by atomic mass is 32.1. The molecule has 0 aliphatic rings. The normalized spacial score (nSPS) is 11.4. The summed E-state index contributed by atoms with van der Waals surface area (Å²) in [4.78, 5) is 0. The van der Waals surface area contributed by atoms with Crippen molar-refractivity contribution >= 4 is 25.3 Å². The van der Waals surface area contributed by atoms with Crippen molar-refractivity contribution in [2.45, 2.75) is 17.6 Å². The lowest BCUT2D eigenvalue weighted by Crippen LogP contribution is -2.20. The van der Waals surface area contributed by atoms with E-state index in [4.69, 9.17) is 12.6 Å². The molecule has 94 valence electrons. The second-order valence-electron chi connectivity index (χ2n) is 4.42. The SMILES string of the molecule is SCCCC(S)(c1ccccc1)c1ccccc1. The molecular weight excluding hydrogens is 256 g/mol. The van der Waals surface area contributed by atoms with E-state index in [0.29, 0.717) is 0 Å². The Kier molecular flexibility index (Phi) is 4.79. The molecule has 18 heavy (non-hydrogen) atoms. The average Bonchev–Trinajstić information content (AvgIpc) is 2.46. The van der Waals surface area contributed by atoms with Crippen LogP contribution in [0.5, 0.6) is 0 Å². The Bertz CT molecular complexity index is 425. The summed E-state index contributed by atoms with van der Waals surface area (Å²) >= 11 is 9.32. The van der Waals surface area contributed by atoms with E-state index in [-0.39, 0.29) is 4.75 Å². The Morgan fingerprint density at radius 1 is 0.778 bits per heavy atom. The summed E-state index contributed by atoms with van der Waals surface area (Å²) in [7, 11) is 0. The van der Waals surface area contributed by atoms with E-state index >= 15 is 0 Å². The minimum atomic E-state index is -0.217. The van der Waals surface area contributed by atoms with Crippen molar-refractivity contribution in [1.29, 1.82) is 0 Å². The average molecular weight is 274 g/mol. The van der Waals surface area contributed by atoms with Gasteiger partial charge in [0.05, 0.1) is 4.75 Å². The molecule has 2 heteroatoms. The molecule has 0 aliphatic heterocycles. The Morgan fingerprint density at radius 3 is 1.61 bits per heavy atom. The molecule has 0 bridgehead atoms. The first kappa shape index (κ1) is 13.6. The third-order valence-corrected chi connectivity index (χ3v) is 4.26. The van der Waals surface area contributed by atoms with Crippen LogP contribution in [0.4, 0.5) is 0 Å². The first-order valence-corrected chi connectivity index (χ1v) is 7.29. The van der Waals surface area contributed by atoms with Crippen LogP contribution in [0, 0.1) is 0 Å². The lowest BCUT2D eigenvalue weighted by atomic mass is 9.86. The molecule has 0 radical (unpaired) electrons. The second-order valence-corrected chi connectivity index (χ2v) is 5.63. The number of hydrogen-bond donors (Lipinski definition) is 2. The van der Waals surface area contributed by atoms with Crippen LogP contribution in [0.2, 0.25) is 0 Å². The molecule has 2 rings (SSSR count). The number of thiol groups is 2. The molecule has 0 N–H and O–H groups in total. The number of hydrogen-bond acceptors (Lipinski definition) is 2. The van der Waals surface area contributed by atoms with Crippen molar-refractivity contribution in [2.75, 3.05) is 5.75 Å². The Labute approximate surface area is 120 Å². The van der Waals surface area contributed by atoms with E-state index in [1.54, 1.807) is 0 Å². The van der Waals surface area contributed by atoms with Gasteiger partial charge in [-0.05, 0) is 29.7 Å². The maximum Gasteiger partial charge on any atom is 0.0627 e. The lowest BCUT2D eigenvalue weighted by molar-refractivity contribution is 0.655. The van der Waals surface area contributed by atoms with Gasteiger partial charge in [-0.15, -0.1) is 0 Å². The van der Waals surface area contributed by atoms with Crippen LogP contribution in [0.1, 0.15) is 24.0 Å². The van der Waals surface area contributed by atoms with Crippen LogP contribution in [-0.2, 0) is 4.75 Å². The Balaban J connectivity index is 2.41. The molecular formula is C16H18S2. The highest BCUT2D eigenvalue weighted by molar-refractivity contribution is 7.81. The molecule has 0 nitrogen and oxygen atoms in total. The van der Waals surface area contributed by atoms with Crippen molar-refractivity contribution in [3.63, 3.8) is 0 Å².